The van der Waals surface area contributed by atoms with E-state index in [-0.39, 0.29) is 11.4 Å². The number of benzene rings is 1. The summed E-state index contributed by atoms with van der Waals surface area (Å²) in [5, 5.41) is 5.99. The molecule has 144 valence electrons. The fourth-order valence-electron chi connectivity index (χ4n) is 3.80. The van der Waals surface area contributed by atoms with E-state index in [0.717, 1.165) is 35.4 Å². The zero-order valence-corrected chi connectivity index (χ0v) is 16.7. The largest absolute Gasteiger partial charge is 0.493 e. The summed E-state index contributed by atoms with van der Waals surface area (Å²) in [5.74, 6) is 0.748. The number of hydrogen-bond acceptors (Lipinski definition) is 3. The van der Waals surface area contributed by atoms with Gasteiger partial charge in [0.15, 0.2) is 5.76 Å². The summed E-state index contributed by atoms with van der Waals surface area (Å²) in [6.07, 6.45) is 5.05. The van der Waals surface area contributed by atoms with Crippen LogP contribution < -0.4 is 10.6 Å². The number of carbonyl (C=O) groups excluding carboxylic acids is 1. The van der Waals surface area contributed by atoms with Crippen molar-refractivity contribution in [3.8, 4) is 0 Å². The molecule has 0 saturated carbocycles. The topological polar surface area (TPSA) is 59.6 Å². The number of fused-ring (bicyclic) bond motifs is 1. The first kappa shape index (κ1) is 19.1. The molecule has 1 aliphatic carbocycles. The zero-order valence-electron chi connectivity index (χ0n) is 16.7. The second kappa shape index (κ2) is 7.14. The summed E-state index contributed by atoms with van der Waals surface area (Å²) in [6, 6.07) is 9.23. The SMILES string of the molecule is COC1=COC=C2CC(C)(C)C(CC(C)(C)NC(=O)Nc3ccccc3)=C21. The summed E-state index contributed by atoms with van der Waals surface area (Å²) >= 11 is 0. The Morgan fingerprint density at radius 3 is 2.59 bits per heavy atom. The van der Waals surface area contributed by atoms with Crippen LogP contribution in [0.25, 0.3) is 0 Å². The molecule has 2 amide bonds. The molecule has 0 spiro atoms. The van der Waals surface area contributed by atoms with Crippen molar-refractivity contribution in [2.24, 2.45) is 5.41 Å². The lowest BCUT2D eigenvalue weighted by atomic mass is 9.79. The van der Waals surface area contributed by atoms with Crippen LogP contribution in [0.4, 0.5) is 10.5 Å². The second-order valence-electron chi connectivity index (χ2n) is 8.39. The first-order valence-electron chi connectivity index (χ1n) is 9.19. The van der Waals surface area contributed by atoms with Crippen molar-refractivity contribution in [2.75, 3.05) is 12.4 Å². The first-order chi connectivity index (χ1) is 12.7. The van der Waals surface area contributed by atoms with Crippen molar-refractivity contribution in [1.82, 2.24) is 5.32 Å². The molecule has 5 nitrogen and oxygen atoms in total. The number of carbonyl (C=O) groups is 1. The highest BCUT2D eigenvalue weighted by Gasteiger charge is 2.41. The molecule has 1 heterocycles. The third-order valence-corrected chi connectivity index (χ3v) is 5.03. The Bertz CT molecular complexity index is 817. The molecule has 1 aromatic carbocycles. The molecule has 0 radical (unpaired) electrons. The number of amides is 2. The average molecular weight is 368 g/mol. The van der Waals surface area contributed by atoms with Crippen molar-refractivity contribution >= 4 is 11.7 Å². The second-order valence-corrected chi connectivity index (χ2v) is 8.39. The fourth-order valence-corrected chi connectivity index (χ4v) is 3.80. The fraction of sp³-hybridized carbons (Fsp3) is 0.409. The molecule has 0 bridgehead atoms. The third-order valence-electron chi connectivity index (χ3n) is 5.03. The monoisotopic (exact) mass is 368 g/mol. The molecule has 3 rings (SSSR count). The number of methoxy groups -OCH3 is 1. The van der Waals surface area contributed by atoms with Crippen LogP contribution in [0.1, 0.15) is 40.5 Å². The quantitative estimate of drug-likeness (QED) is 0.760. The van der Waals surface area contributed by atoms with Crippen molar-refractivity contribution < 1.29 is 14.3 Å². The van der Waals surface area contributed by atoms with E-state index in [1.807, 2.05) is 44.2 Å². The van der Waals surface area contributed by atoms with Gasteiger partial charge in [0.2, 0.25) is 0 Å². The van der Waals surface area contributed by atoms with Crippen LogP contribution in [-0.4, -0.2) is 18.7 Å². The molecule has 2 N–H and O–H groups in total. The lowest BCUT2D eigenvalue weighted by Gasteiger charge is -2.32. The van der Waals surface area contributed by atoms with E-state index < -0.39 is 5.54 Å². The van der Waals surface area contributed by atoms with Gasteiger partial charge in [0.1, 0.15) is 6.26 Å². The van der Waals surface area contributed by atoms with Gasteiger partial charge in [-0.2, -0.15) is 0 Å². The van der Waals surface area contributed by atoms with E-state index >= 15 is 0 Å². The van der Waals surface area contributed by atoms with Crippen molar-refractivity contribution in [1.29, 1.82) is 0 Å². The lowest BCUT2D eigenvalue weighted by Crippen LogP contribution is -2.46. The molecule has 0 atom stereocenters. The summed E-state index contributed by atoms with van der Waals surface area (Å²) in [6.45, 7) is 8.53. The third kappa shape index (κ3) is 4.18. The van der Waals surface area contributed by atoms with E-state index in [2.05, 4.69) is 24.5 Å². The van der Waals surface area contributed by atoms with E-state index in [9.17, 15) is 4.79 Å². The van der Waals surface area contributed by atoms with Gasteiger partial charge < -0.3 is 20.1 Å². The van der Waals surface area contributed by atoms with Crippen molar-refractivity contribution in [3.05, 3.63) is 65.3 Å². The predicted molar refractivity (Wildman–Crippen MR) is 107 cm³/mol. The van der Waals surface area contributed by atoms with Gasteiger partial charge in [0.05, 0.1) is 13.4 Å². The van der Waals surface area contributed by atoms with E-state index in [1.165, 1.54) is 5.57 Å². The Kier molecular flexibility index (Phi) is 5.05. The summed E-state index contributed by atoms with van der Waals surface area (Å²) in [5.41, 5.74) is 3.86. The van der Waals surface area contributed by atoms with E-state index in [4.69, 9.17) is 9.47 Å². The number of ether oxygens (including phenoxy) is 2. The molecule has 0 saturated heterocycles. The van der Waals surface area contributed by atoms with Crippen molar-refractivity contribution in [3.63, 3.8) is 0 Å². The minimum Gasteiger partial charge on any atom is -0.493 e. The molecular formula is C22H28N2O3. The zero-order chi connectivity index (χ0) is 19.7. The van der Waals surface area contributed by atoms with Gasteiger partial charge >= 0.3 is 6.03 Å². The van der Waals surface area contributed by atoms with Gasteiger partial charge in [-0.1, -0.05) is 37.6 Å². The number of urea groups is 1. The highest BCUT2D eigenvalue weighted by molar-refractivity contribution is 5.89. The van der Waals surface area contributed by atoms with Gasteiger partial charge in [-0.05, 0) is 49.8 Å². The maximum atomic E-state index is 12.5. The number of para-hydroxylation sites is 1. The van der Waals surface area contributed by atoms with Crippen LogP contribution in [0.2, 0.25) is 0 Å². The smallest absolute Gasteiger partial charge is 0.319 e. The Balaban J connectivity index is 1.79. The molecule has 0 unspecified atom stereocenters. The van der Waals surface area contributed by atoms with Crippen LogP contribution in [0.3, 0.4) is 0 Å². The molecule has 1 aliphatic heterocycles. The van der Waals surface area contributed by atoms with Gasteiger partial charge in [-0.15, -0.1) is 0 Å². The van der Waals surface area contributed by atoms with Crippen molar-refractivity contribution in [2.45, 2.75) is 46.1 Å². The Morgan fingerprint density at radius 1 is 1.22 bits per heavy atom. The minimum absolute atomic E-state index is 0.0264. The standard InChI is InChI=1S/C22H28N2O3/c1-21(2)11-15-13-27-14-18(26-5)19(15)17(21)12-22(3,4)24-20(25)23-16-9-7-6-8-10-16/h6-10,13-14H,11-12H2,1-5H3,(H2,23,24,25). The van der Waals surface area contributed by atoms with Crippen LogP contribution >= 0.6 is 0 Å². The number of hydrogen-bond donors (Lipinski definition) is 2. The van der Waals surface area contributed by atoms with Gasteiger partial charge in [-0.3, -0.25) is 0 Å². The summed E-state index contributed by atoms with van der Waals surface area (Å²) < 4.78 is 11.0. The summed E-state index contributed by atoms with van der Waals surface area (Å²) in [7, 11) is 1.66. The van der Waals surface area contributed by atoms with E-state index in [0.29, 0.717) is 0 Å². The Labute approximate surface area is 161 Å². The van der Waals surface area contributed by atoms with Crippen LogP contribution in [0.5, 0.6) is 0 Å². The Hall–Kier alpha value is -2.69. The molecular weight excluding hydrogens is 340 g/mol. The number of nitrogens with one attached hydrogen (secondary N) is 2. The van der Waals surface area contributed by atoms with Crippen LogP contribution in [0.15, 0.2) is 65.3 Å². The number of anilines is 1. The molecule has 0 aromatic heterocycles. The maximum Gasteiger partial charge on any atom is 0.319 e. The van der Waals surface area contributed by atoms with Crippen LogP contribution in [0, 0.1) is 5.41 Å². The average Bonchev–Trinajstić information content (AvgIpc) is 2.84. The van der Waals surface area contributed by atoms with E-state index in [1.54, 1.807) is 19.6 Å². The minimum atomic E-state index is -0.426. The van der Waals surface area contributed by atoms with Gasteiger partial charge in [0, 0.05) is 16.8 Å². The highest BCUT2D eigenvalue weighted by Crippen LogP contribution is 2.51. The lowest BCUT2D eigenvalue weighted by molar-refractivity contribution is 0.239. The first-order valence-corrected chi connectivity index (χ1v) is 9.19. The molecule has 0 fully saturated rings. The maximum absolute atomic E-state index is 12.5. The molecule has 27 heavy (non-hydrogen) atoms. The Morgan fingerprint density at radius 2 is 1.93 bits per heavy atom. The predicted octanol–water partition coefficient (Wildman–Crippen LogP) is 5.11. The highest BCUT2D eigenvalue weighted by atomic mass is 16.5. The molecule has 2 aliphatic rings. The number of allylic oxidation sites excluding steroid dienone is 1. The van der Waals surface area contributed by atoms with Gasteiger partial charge in [0.25, 0.3) is 0 Å². The number of rotatable bonds is 5. The molecule has 1 aromatic rings. The van der Waals surface area contributed by atoms with Crippen LogP contribution in [-0.2, 0) is 9.47 Å². The van der Waals surface area contributed by atoms with Gasteiger partial charge in [-0.25, -0.2) is 4.79 Å². The molecule has 5 heteroatoms. The normalized spacial score (nSPS) is 18.1. The summed E-state index contributed by atoms with van der Waals surface area (Å²) in [4.78, 5) is 12.5.